The van der Waals surface area contributed by atoms with Crippen molar-refractivity contribution in [2.45, 2.75) is 40.2 Å². The predicted molar refractivity (Wildman–Crippen MR) is 81.0 cm³/mol. The van der Waals surface area contributed by atoms with Crippen LogP contribution < -0.4 is 5.32 Å². The fourth-order valence-electron chi connectivity index (χ4n) is 2.30. The molecule has 0 aliphatic rings. The van der Waals surface area contributed by atoms with Crippen molar-refractivity contribution in [3.8, 4) is 6.07 Å². The monoisotopic (exact) mass is 284 g/mol. The molecule has 2 heterocycles. The minimum atomic E-state index is 0.565. The van der Waals surface area contributed by atoms with E-state index in [4.69, 9.17) is 0 Å². The Balaban J connectivity index is 2.11. The SMILES string of the molecule is CCc1nnc(NCCn2cc(C)cn2)c(C#N)c1CC. The average molecular weight is 284 g/mol. The third-order valence-corrected chi connectivity index (χ3v) is 3.35. The summed E-state index contributed by atoms with van der Waals surface area (Å²) >= 11 is 0. The molecule has 21 heavy (non-hydrogen) atoms. The van der Waals surface area contributed by atoms with E-state index in [9.17, 15) is 5.26 Å². The Bertz CT molecular complexity index is 653. The number of hydrogen-bond donors (Lipinski definition) is 1. The highest BCUT2D eigenvalue weighted by Gasteiger charge is 2.13. The number of aryl methyl sites for hydroxylation is 2. The van der Waals surface area contributed by atoms with Crippen molar-refractivity contribution in [2.24, 2.45) is 0 Å². The van der Waals surface area contributed by atoms with Crippen molar-refractivity contribution in [3.05, 3.63) is 34.8 Å². The van der Waals surface area contributed by atoms with Gasteiger partial charge in [0.05, 0.1) is 18.4 Å². The van der Waals surface area contributed by atoms with Crippen LogP contribution in [0.25, 0.3) is 0 Å². The summed E-state index contributed by atoms with van der Waals surface area (Å²) in [4.78, 5) is 0. The number of rotatable bonds is 6. The van der Waals surface area contributed by atoms with Crippen LogP contribution in [0.4, 0.5) is 5.82 Å². The van der Waals surface area contributed by atoms with Crippen LogP contribution in [0.3, 0.4) is 0 Å². The molecule has 0 spiro atoms. The largest absolute Gasteiger partial charge is 0.366 e. The molecule has 0 unspecified atom stereocenters. The second kappa shape index (κ2) is 6.84. The lowest BCUT2D eigenvalue weighted by molar-refractivity contribution is 0.636. The Labute approximate surface area is 124 Å². The van der Waals surface area contributed by atoms with Crippen molar-refractivity contribution < 1.29 is 0 Å². The number of nitrogens with zero attached hydrogens (tertiary/aromatic N) is 5. The molecule has 0 amide bonds. The molecular weight excluding hydrogens is 264 g/mol. The second-order valence-corrected chi connectivity index (χ2v) is 4.88. The van der Waals surface area contributed by atoms with Gasteiger partial charge in [0.25, 0.3) is 0 Å². The van der Waals surface area contributed by atoms with Crippen LogP contribution in [-0.4, -0.2) is 26.5 Å². The predicted octanol–water partition coefficient (Wildman–Crippen LogP) is 2.09. The number of nitriles is 1. The molecule has 2 aromatic heterocycles. The number of aromatic nitrogens is 4. The van der Waals surface area contributed by atoms with E-state index in [1.807, 2.05) is 37.8 Å². The van der Waals surface area contributed by atoms with Crippen LogP contribution in [-0.2, 0) is 19.4 Å². The van der Waals surface area contributed by atoms with Crippen molar-refractivity contribution in [1.82, 2.24) is 20.0 Å². The van der Waals surface area contributed by atoms with Crippen LogP contribution in [0, 0.1) is 18.3 Å². The maximum Gasteiger partial charge on any atom is 0.167 e. The van der Waals surface area contributed by atoms with E-state index in [0.29, 0.717) is 17.9 Å². The van der Waals surface area contributed by atoms with E-state index < -0.39 is 0 Å². The maximum atomic E-state index is 9.39. The number of nitrogens with one attached hydrogen (secondary N) is 1. The second-order valence-electron chi connectivity index (χ2n) is 4.88. The van der Waals surface area contributed by atoms with Gasteiger partial charge in [0, 0.05) is 12.7 Å². The van der Waals surface area contributed by atoms with E-state index >= 15 is 0 Å². The Hall–Kier alpha value is -2.42. The highest BCUT2D eigenvalue weighted by atomic mass is 15.3. The minimum Gasteiger partial charge on any atom is -0.366 e. The summed E-state index contributed by atoms with van der Waals surface area (Å²) in [7, 11) is 0. The molecule has 0 saturated heterocycles. The van der Waals surface area contributed by atoms with Crippen molar-refractivity contribution in [2.75, 3.05) is 11.9 Å². The molecule has 1 N–H and O–H groups in total. The zero-order valence-electron chi connectivity index (χ0n) is 12.7. The molecule has 0 atom stereocenters. The topological polar surface area (TPSA) is 79.4 Å². The summed E-state index contributed by atoms with van der Waals surface area (Å²) in [6.45, 7) is 7.44. The summed E-state index contributed by atoms with van der Waals surface area (Å²) in [6, 6.07) is 2.26. The van der Waals surface area contributed by atoms with Gasteiger partial charge in [-0.05, 0) is 30.9 Å². The standard InChI is InChI=1S/C15H20N6/c1-4-12-13(8-16)15(20-19-14(12)5-2)17-6-7-21-10-11(3)9-18-21/h9-10H,4-7H2,1-3H3,(H,17,20). The third kappa shape index (κ3) is 3.37. The number of anilines is 1. The molecule has 2 aromatic rings. The first-order chi connectivity index (χ1) is 10.2. The normalized spacial score (nSPS) is 10.4. The van der Waals surface area contributed by atoms with Gasteiger partial charge in [0.15, 0.2) is 5.82 Å². The maximum absolute atomic E-state index is 9.39. The molecule has 0 aliphatic heterocycles. The average Bonchev–Trinajstić information content (AvgIpc) is 2.91. The summed E-state index contributed by atoms with van der Waals surface area (Å²) in [5.41, 5.74) is 3.64. The van der Waals surface area contributed by atoms with Gasteiger partial charge in [-0.25, -0.2) is 0 Å². The highest BCUT2D eigenvalue weighted by Crippen LogP contribution is 2.19. The van der Waals surface area contributed by atoms with Gasteiger partial charge in [0.2, 0.25) is 0 Å². The number of hydrogen-bond acceptors (Lipinski definition) is 5. The Morgan fingerprint density at radius 2 is 2.10 bits per heavy atom. The Morgan fingerprint density at radius 1 is 1.29 bits per heavy atom. The van der Waals surface area contributed by atoms with Crippen LogP contribution in [0.15, 0.2) is 12.4 Å². The molecule has 6 nitrogen and oxygen atoms in total. The van der Waals surface area contributed by atoms with Crippen molar-refractivity contribution >= 4 is 5.82 Å². The molecule has 0 aromatic carbocycles. The summed E-state index contributed by atoms with van der Waals surface area (Å²) in [5.74, 6) is 0.565. The van der Waals surface area contributed by atoms with Gasteiger partial charge in [0.1, 0.15) is 11.6 Å². The highest BCUT2D eigenvalue weighted by molar-refractivity contribution is 5.56. The molecular formula is C15H20N6. The van der Waals surface area contributed by atoms with Crippen LogP contribution in [0.2, 0.25) is 0 Å². The third-order valence-electron chi connectivity index (χ3n) is 3.35. The molecule has 0 fully saturated rings. The zero-order chi connectivity index (χ0) is 15.2. The first kappa shape index (κ1) is 15.0. The first-order valence-electron chi connectivity index (χ1n) is 7.21. The van der Waals surface area contributed by atoms with E-state index in [2.05, 4.69) is 26.7 Å². The summed E-state index contributed by atoms with van der Waals surface area (Å²) < 4.78 is 1.86. The van der Waals surface area contributed by atoms with Crippen LogP contribution in [0.5, 0.6) is 0 Å². The quantitative estimate of drug-likeness (QED) is 0.878. The Kier molecular flexibility index (Phi) is 4.88. The van der Waals surface area contributed by atoms with Crippen LogP contribution >= 0.6 is 0 Å². The van der Waals surface area contributed by atoms with Crippen molar-refractivity contribution in [3.63, 3.8) is 0 Å². The van der Waals surface area contributed by atoms with E-state index in [1.165, 1.54) is 0 Å². The van der Waals surface area contributed by atoms with Gasteiger partial charge >= 0.3 is 0 Å². The minimum absolute atomic E-state index is 0.565. The summed E-state index contributed by atoms with van der Waals surface area (Å²) in [6.07, 6.45) is 5.38. The van der Waals surface area contributed by atoms with Crippen LogP contribution in [0.1, 0.15) is 36.2 Å². The van der Waals surface area contributed by atoms with Gasteiger partial charge in [-0.3, -0.25) is 4.68 Å². The lowest BCUT2D eigenvalue weighted by Crippen LogP contribution is -2.15. The van der Waals surface area contributed by atoms with Gasteiger partial charge in [-0.1, -0.05) is 13.8 Å². The van der Waals surface area contributed by atoms with Gasteiger partial charge < -0.3 is 5.32 Å². The summed E-state index contributed by atoms with van der Waals surface area (Å²) in [5, 5.41) is 25.2. The fraction of sp³-hybridized carbons (Fsp3) is 0.467. The van der Waals surface area contributed by atoms with Gasteiger partial charge in [-0.15, -0.1) is 5.10 Å². The molecule has 6 heteroatoms. The molecule has 0 bridgehead atoms. The molecule has 0 radical (unpaired) electrons. The molecule has 2 rings (SSSR count). The van der Waals surface area contributed by atoms with E-state index in [1.54, 1.807) is 0 Å². The van der Waals surface area contributed by atoms with Crippen molar-refractivity contribution in [1.29, 1.82) is 5.26 Å². The molecule has 0 saturated carbocycles. The first-order valence-corrected chi connectivity index (χ1v) is 7.21. The molecule has 0 aliphatic carbocycles. The van der Waals surface area contributed by atoms with Gasteiger partial charge in [-0.2, -0.15) is 15.5 Å². The lowest BCUT2D eigenvalue weighted by atomic mass is 10.0. The lowest BCUT2D eigenvalue weighted by Gasteiger charge is -2.11. The molecule has 110 valence electrons. The smallest absolute Gasteiger partial charge is 0.167 e. The zero-order valence-corrected chi connectivity index (χ0v) is 12.7. The fourth-order valence-corrected chi connectivity index (χ4v) is 2.30. The Morgan fingerprint density at radius 3 is 2.67 bits per heavy atom. The van der Waals surface area contributed by atoms with E-state index in [-0.39, 0.29) is 0 Å². The van der Waals surface area contributed by atoms with E-state index in [0.717, 1.165) is 36.2 Å².